The fraction of sp³-hybridized carbons (Fsp3) is 0.278. The van der Waals surface area contributed by atoms with Crippen molar-refractivity contribution in [3.63, 3.8) is 0 Å². The van der Waals surface area contributed by atoms with Crippen LogP contribution in [-0.2, 0) is 6.54 Å². The molecule has 1 aliphatic rings. The van der Waals surface area contributed by atoms with Gasteiger partial charge in [-0.15, -0.1) is 0 Å². The second kappa shape index (κ2) is 7.73. The van der Waals surface area contributed by atoms with E-state index in [4.69, 9.17) is 33.3 Å². The first-order chi connectivity index (χ1) is 11.6. The summed E-state index contributed by atoms with van der Waals surface area (Å²) in [5.74, 6) is 1.31. The molecule has 0 aliphatic carbocycles. The first kappa shape index (κ1) is 16.9. The number of hydrogen-bond donors (Lipinski definition) is 2. The lowest BCUT2D eigenvalue weighted by molar-refractivity contribution is 0.297. The highest BCUT2D eigenvalue weighted by atomic mass is 35.5. The molecule has 6 heteroatoms. The molecular formula is C18H19ClN2O2S. The van der Waals surface area contributed by atoms with Crippen molar-refractivity contribution in [2.24, 2.45) is 0 Å². The monoisotopic (exact) mass is 362 g/mol. The van der Waals surface area contributed by atoms with E-state index in [0.717, 1.165) is 17.7 Å². The highest BCUT2D eigenvalue weighted by Gasteiger charge is 2.15. The summed E-state index contributed by atoms with van der Waals surface area (Å²) in [6.45, 7) is 3.85. The third-order valence-electron chi connectivity index (χ3n) is 3.59. The van der Waals surface area contributed by atoms with Gasteiger partial charge < -0.3 is 20.1 Å². The molecule has 0 bridgehead atoms. The molecule has 2 aromatic rings. The average molecular weight is 363 g/mol. The first-order valence-corrected chi connectivity index (χ1v) is 8.60. The highest BCUT2D eigenvalue weighted by molar-refractivity contribution is 7.80. The fourth-order valence-corrected chi connectivity index (χ4v) is 2.94. The predicted molar refractivity (Wildman–Crippen MR) is 101 cm³/mol. The number of hydrogen-bond acceptors (Lipinski definition) is 3. The molecule has 24 heavy (non-hydrogen) atoms. The minimum absolute atomic E-state index is 0.550. The van der Waals surface area contributed by atoms with Gasteiger partial charge in [-0.2, -0.15) is 0 Å². The van der Waals surface area contributed by atoms with Crippen molar-refractivity contribution in [2.75, 3.05) is 18.5 Å². The molecule has 1 aliphatic heterocycles. The second-order valence-electron chi connectivity index (χ2n) is 5.63. The lowest BCUT2D eigenvalue weighted by Gasteiger charge is -2.14. The zero-order valence-corrected chi connectivity index (χ0v) is 15.0. The van der Waals surface area contributed by atoms with Crippen LogP contribution >= 0.6 is 23.8 Å². The van der Waals surface area contributed by atoms with E-state index >= 15 is 0 Å². The van der Waals surface area contributed by atoms with Crippen LogP contribution in [0.3, 0.4) is 0 Å². The number of ether oxygens (including phenoxy) is 2. The van der Waals surface area contributed by atoms with E-state index < -0.39 is 0 Å². The molecule has 0 unspecified atom stereocenters. The maximum absolute atomic E-state index is 6.30. The smallest absolute Gasteiger partial charge is 0.179 e. The maximum Gasteiger partial charge on any atom is 0.179 e. The van der Waals surface area contributed by atoms with Gasteiger partial charge in [0.2, 0.25) is 0 Å². The predicted octanol–water partition coefficient (Wildman–Crippen LogP) is 4.30. The van der Waals surface area contributed by atoms with Crippen LogP contribution in [0.5, 0.6) is 11.5 Å². The number of thiocarbonyl (C=S) groups is 1. The van der Waals surface area contributed by atoms with Crippen molar-refractivity contribution in [3.8, 4) is 11.5 Å². The van der Waals surface area contributed by atoms with Gasteiger partial charge in [-0.3, -0.25) is 0 Å². The Balaban J connectivity index is 1.63. The molecule has 0 saturated carbocycles. The summed E-state index contributed by atoms with van der Waals surface area (Å²) in [6.07, 6.45) is 0.850. The summed E-state index contributed by atoms with van der Waals surface area (Å²) in [5.41, 5.74) is 3.12. The SMILES string of the molecule is Cc1cccc(NC(=S)NCc2cc(Cl)c3c(c2)OCCCO3)c1. The van der Waals surface area contributed by atoms with E-state index in [1.807, 2.05) is 43.3 Å². The Labute approximate surface area is 152 Å². The van der Waals surface area contributed by atoms with Crippen molar-refractivity contribution in [2.45, 2.75) is 19.9 Å². The van der Waals surface area contributed by atoms with Crippen LogP contribution in [0.1, 0.15) is 17.5 Å². The van der Waals surface area contributed by atoms with Crippen molar-refractivity contribution >= 4 is 34.6 Å². The molecule has 126 valence electrons. The minimum Gasteiger partial charge on any atom is -0.489 e. The lowest BCUT2D eigenvalue weighted by atomic mass is 10.2. The normalized spacial score (nSPS) is 13.1. The third-order valence-corrected chi connectivity index (χ3v) is 4.12. The molecule has 2 N–H and O–H groups in total. The van der Waals surface area contributed by atoms with Crippen molar-refractivity contribution < 1.29 is 9.47 Å². The van der Waals surface area contributed by atoms with Crippen molar-refractivity contribution in [3.05, 3.63) is 52.5 Å². The van der Waals surface area contributed by atoms with Gasteiger partial charge in [0.1, 0.15) is 0 Å². The number of fused-ring (bicyclic) bond motifs is 1. The number of anilines is 1. The van der Waals surface area contributed by atoms with Gasteiger partial charge in [0.05, 0.1) is 18.2 Å². The summed E-state index contributed by atoms with van der Waals surface area (Å²) in [4.78, 5) is 0. The maximum atomic E-state index is 6.30. The molecule has 0 radical (unpaired) electrons. The van der Waals surface area contributed by atoms with Gasteiger partial charge in [0.25, 0.3) is 0 Å². The van der Waals surface area contributed by atoms with Crippen LogP contribution in [-0.4, -0.2) is 18.3 Å². The van der Waals surface area contributed by atoms with Gasteiger partial charge >= 0.3 is 0 Å². The molecule has 0 saturated heterocycles. The van der Waals surface area contributed by atoms with E-state index in [-0.39, 0.29) is 0 Å². The summed E-state index contributed by atoms with van der Waals surface area (Å²) in [5, 5.41) is 7.47. The van der Waals surface area contributed by atoms with Gasteiger partial charge in [0, 0.05) is 18.7 Å². The molecule has 2 aromatic carbocycles. The van der Waals surface area contributed by atoms with E-state index in [1.54, 1.807) is 0 Å². The highest BCUT2D eigenvalue weighted by Crippen LogP contribution is 2.37. The Bertz CT molecular complexity index is 752. The Kier molecular flexibility index (Phi) is 5.43. The van der Waals surface area contributed by atoms with E-state index in [9.17, 15) is 0 Å². The van der Waals surface area contributed by atoms with Crippen LogP contribution < -0.4 is 20.1 Å². The van der Waals surface area contributed by atoms with Crippen molar-refractivity contribution in [1.82, 2.24) is 5.32 Å². The molecule has 4 nitrogen and oxygen atoms in total. The Morgan fingerprint density at radius 1 is 1.21 bits per heavy atom. The molecule has 0 amide bonds. The summed E-state index contributed by atoms with van der Waals surface area (Å²) in [7, 11) is 0. The van der Waals surface area contributed by atoms with Crippen LogP contribution in [0, 0.1) is 6.92 Å². The zero-order chi connectivity index (χ0) is 16.9. The molecule has 3 rings (SSSR count). The van der Waals surface area contributed by atoms with Gasteiger partial charge in [-0.1, -0.05) is 23.7 Å². The molecule has 0 atom stereocenters. The van der Waals surface area contributed by atoms with Gasteiger partial charge in [-0.25, -0.2) is 0 Å². The molecule has 0 spiro atoms. The minimum atomic E-state index is 0.550. The van der Waals surface area contributed by atoms with Gasteiger partial charge in [-0.05, 0) is 54.5 Å². The summed E-state index contributed by atoms with van der Waals surface area (Å²) < 4.78 is 11.3. The number of aryl methyl sites for hydroxylation is 1. The zero-order valence-electron chi connectivity index (χ0n) is 13.4. The van der Waals surface area contributed by atoms with Gasteiger partial charge in [0.15, 0.2) is 16.6 Å². The topological polar surface area (TPSA) is 42.5 Å². The van der Waals surface area contributed by atoms with E-state index in [1.165, 1.54) is 5.56 Å². The van der Waals surface area contributed by atoms with E-state index in [2.05, 4.69) is 10.6 Å². The Morgan fingerprint density at radius 3 is 2.88 bits per heavy atom. The van der Waals surface area contributed by atoms with E-state index in [0.29, 0.717) is 41.4 Å². The Morgan fingerprint density at radius 2 is 2.04 bits per heavy atom. The lowest BCUT2D eigenvalue weighted by Crippen LogP contribution is -2.27. The number of benzene rings is 2. The summed E-state index contributed by atoms with van der Waals surface area (Å²) in [6, 6.07) is 11.9. The largest absolute Gasteiger partial charge is 0.489 e. The second-order valence-corrected chi connectivity index (χ2v) is 6.45. The van der Waals surface area contributed by atoms with Crippen LogP contribution in [0.2, 0.25) is 5.02 Å². The third kappa shape index (κ3) is 4.30. The first-order valence-electron chi connectivity index (χ1n) is 7.81. The van der Waals surface area contributed by atoms with Crippen LogP contribution in [0.15, 0.2) is 36.4 Å². The average Bonchev–Trinajstić information content (AvgIpc) is 2.79. The van der Waals surface area contributed by atoms with Crippen molar-refractivity contribution in [1.29, 1.82) is 0 Å². The van der Waals surface area contributed by atoms with Crippen LogP contribution in [0.25, 0.3) is 0 Å². The van der Waals surface area contributed by atoms with Crippen LogP contribution in [0.4, 0.5) is 5.69 Å². The number of nitrogens with one attached hydrogen (secondary N) is 2. The molecular weight excluding hydrogens is 344 g/mol. The quantitative estimate of drug-likeness (QED) is 0.797. The standard InChI is InChI=1S/C18H19ClN2O2S/c1-12-4-2-5-14(8-12)21-18(24)20-11-13-9-15(19)17-16(10-13)22-6-3-7-23-17/h2,4-5,8-10H,3,6-7,11H2,1H3,(H2,20,21,24). The molecule has 0 aromatic heterocycles. The molecule has 0 fully saturated rings. The number of halogens is 1. The Hall–Kier alpha value is -1.98. The number of rotatable bonds is 3. The summed E-state index contributed by atoms with van der Waals surface area (Å²) >= 11 is 11.6. The fourth-order valence-electron chi connectivity index (χ4n) is 2.47. The molecule has 1 heterocycles.